The first-order valence-corrected chi connectivity index (χ1v) is 14.1. The molecular formula is C30H36N6O6. The minimum absolute atomic E-state index is 0.0582. The molecule has 222 valence electrons. The fraction of sp³-hybridized carbons (Fsp3) is 0.433. The summed E-state index contributed by atoms with van der Waals surface area (Å²) < 4.78 is 22.1. The summed E-state index contributed by atoms with van der Waals surface area (Å²) in [6.45, 7) is 1.81. The van der Waals surface area contributed by atoms with Gasteiger partial charge in [-0.15, -0.1) is 10.2 Å². The first-order chi connectivity index (χ1) is 20.4. The lowest BCUT2D eigenvalue weighted by Crippen LogP contribution is -2.48. The summed E-state index contributed by atoms with van der Waals surface area (Å²) in [6, 6.07) is 11.6. The Morgan fingerprint density at radius 3 is 2.60 bits per heavy atom. The summed E-state index contributed by atoms with van der Waals surface area (Å²) in [6.07, 6.45) is 7.06. The molecule has 12 heteroatoms. The van der Waals surface area contributed by atoms with Gasteiger partial charge < -0.3 is 28.5 Å². The van der Waals surface area contributed by atoms with E-state index in [0.29, 0.717) is 35.2 Å². The van der Waals surface area contributed by atoms with Crippen molar-refractivity contribution >= 4 is 11.8 Å². The average Bonchev–Trinajstić information content (AvgIpc) is 3.78. The van der Waals surface area contributed by atoms with E-state index >= 15 is 0 Å². The second kappa shape index (κ2) is 13.4. The van der Waals surface area contributed by atoms with Crippen molar-refractivity contribution in [3.05, 3.63) is 65.8 Å². The highest BCUT2D eigenvalue weighted by Gasteiger charge is 2.35. The van der Waals surface area contributed by atoms with E-state index in [9.17, 15) is 9.59 Å². The van der Waals surface area contributed by atoms with E-state index in [2.05, 4.69) is 20.7 Å². The van der Waals surface area contributed by atoms with Gasteiger partial charge in [0.1, 0.15) is 18.1 Å². The molecule has 2 amide bonds. The number of benzene rings is 1. The number of ether oxygens (including phenoxy) is 2. The van der Waals surface area contributed by atoms with E-state index in [1.165, 1.54) is 16.0 Å². The maximum Gasteiger partial charge on any atom is 0.250 e. The van der Waals surface area contributed by atoms with E-state index in [1.54, 1.807) is 38.5 Å². The first-order valence-electron chi connectivity index (χ1n) is 14.1. The van der Waals surface area contributed by atoms with Crippen LogP contribution >= 0.6 is 0 Å². The van der Waals surface area contributed by atoms with Crippen molar-refractivity contribution in [3.8, 4) is 23.1 Å². The van der Waals surface area contributed by atoms with Crippen LogP contribution < -0.4 is 14.8 Å². The van der Waals surface area contributed by atoms with Gasteiger partial charge in [-0.05, 0) is 73.4 Å². The van der Waals surface area contributed by atoms with Gasteiger partial charge in [-0.3, -0.25) is 9.59 Å². The molecule has 4 aromatic rings. The van der Waals surface area contributed by atoms with Crippen molar-refractivity contribution in [1.82, 2.24) is 30.4 Å². The standard InChI is InChI=1S/C30H36N6O6/c1-20-11-13-25(42-20)29-32-34-36(33-29)19-27(37)35(16-15-21-12-14-23(39-2)26(18-21)40-3)28(24-10-7-17-41-24)30(38)31-22-8-5-4-6-9-22/h7,10-14,17-18,22,28H,4-6,8-9,15-16,19H2,1-3H3,(H,31,38)/t28-/m1/s1. The van der Waals surface area contributed by atoms with Gasteiger partial charge in [-0.1, -0.05) is 25.3 Å². The lowest BCUT2D eigenvalue weighted by Gasteiger charge is -2.32. The third kappa shape index (κ3) is 6.81. The average molecular weight is 577 g/mol. The van der Waals surface area contributed by atoms with Crippen LogP contribution in [0, 0.1) is 6.92 Å². The Balaban J connectivity index is 1.42. The van der Waals surface area contributed by atoms with Crippen LogP contribution in [0.15, 0.2) is 57.6 Å². The number of hydrogen-bond donors (Lipinski definition) is 1. The van der Waals surface area contributed by atoms with Crippen LogP contribution in [0.3, 0.4) is 0 Å². The van der Waals surface area contributed by atoms with Crippen LogP contribution in [0.5, 0.6) is 11.5 Å². The van der Waals surface area contributed by atoms with Gasteiger partial charge in [-0.2, -0.15) is 4.80 Å². The number of carbonyl (C=O) groups is 2. The fourth-order valence-corrected chi connectivity index (χ4v) is 5.26. The zero-order valence-electron chi connectivity index (χ0n) is 24.1. The number of tetrazole rings is 1. The Morgan fingerprint density at radius 1 is 1.10 bits per heavy atom. The van der Waals surface area contributed by atoms with Gasteiger partial charge in [0, 0.05) is 12.6 Å². The zero-order valence-corrected chi connectivity index (χ0v) is 24.1. The number of hydrogen-bond acceptors (Lipinski definition) is 9. The van der Waals surface area contributed by atoms with Crippen LogP contribution in [0.2, 0.25) is 0 Å². The Bertz CT molecular complexity index is 1470. The second-order valence-electron chi connectivity index (χ2n) is 10.3. The zero-order chi connectivity index (χ0) is 29.5. The number of methoxy groups -OCH3 is 2. The van der Waals surface area contributed by atoms with Crippen LogP contribution in [0.1, 0.15) is 55.2 Å². The molecule has 1 atom stereocenters. The molecule has 1 fully saturated rings. The van der Waals surface area contributed by atoms with Crippen LogP contribution in [0.25, 0.3) is 11.6 Å². The van der Waals surface area contributed by atoms with Gasteiger partial charge in [0.25, 0.3) is 5.91 Å². The molecular weight excluding hydrogens is 540 g/mol. The first kappa shape index (κ1) is 28.9. The third-order valence-corrected chi connectivity index (χ3v) is 7.42. The minimum atomic E-state index is -0.981. The smallest absolute Gasteiger partial charge is 0.250 e. The summed E-state index contributed by atoms with van der Waals surface area (Å²) >= 11 is 0. The molecule has 0 saturated heterocycles. The summed E-state index contributed by atoms with van der Waals surface area (Å²) in [7, 11) is 3.15. The number of rotatable bonds is 12. The Kier molecular flexibility index (Phi) is 9.20. The molecule has 1 aliphatic rings. The molecule has 0 radical (unpaired) electrons. The van der Waals surface area contributed by atoms with E-state index in [0.717, 1.165) is 37.7 Å². The Morgan fingerprint density at radius 2 is 1.90 bits per heavy atom. The fourth-order valence-electron chi connectivity index (χ4n) is 5.26. The number of amides is 2. The molecule has 42 heavy (non-hydrogen) atoms. The number of carbonyl (C=O) groups excluding carboxylic acids is 2. The maximum absolute atomic E-state index is 13.9. The largest absolute Gasteiger partial charge is 0.493 e. The quantitative estimate of drug-likeness (QED) is 0.264. The number of nitrogens with zero attached hydrogens (tertiary/aromatic N) is 5. The topological polar surface area (TPSA) is 138 Å². The number of furan rings is 2. The Labute approximate surface area is 244 Å². The van der Waals surface area contributed by atoms with Gasteiger partial charge in [0.05, 0.1) is 20.5 Å². The highest BCUT2D eigenvalue weighted by atomic mass is 16.5. The van der Waals surface area contributed by atoms with E-state index in [4.69, 9.17) is 18.3 Å². The molecule has 3 heterocycles. The predicted octanol–water partition coefficient (Wildman–Crippen LogP) is 4.11. The molecule has 0 bridgehead atoms. The van der Waals surface area contributed by atoms with Gasteiger partial charge in [0.15, 0.2) is 23.3 Å². The molecule has 1 saturated carbocycles. The monoisotopic (exact) mass is 576 g/mol. The van der Waals surface area contributed by atoms with E-state index in [-0.39, 0.29) is 36.8 Å². The van der Waals surface area contributed by atoms with Crippen molar-refractivity contribution in [3.63, 3.8) is 0 Å². The van der Waals surface area contributed by atoms with Gasteiger partial charge in [0.2, 0.25) is 11.7 Å². The number of nitrogens with one attached hydrogen (secondary N) is 1. The van der Waals surface area contributed by atoms with E-state index in [1.807, 2.05) is 25.1 Å². The third-order valence-electron chi connectivity index (χ3n) is 7.42. The van der Waals surface area contributed by atoms with Crippen LogP contribution in [0.4, 0.5) is 0 Å². The molecule has 0 unspecified atom stereocenters. The maximum atomic E-state index is 13.9. The molecule has 1 aliphatic carbocycles. The molecule has 1 N–H and O–H groups in total. The number of aromatic nitrogens is 4. The van der Waals surface area contributed by atoms with Crippen molar-refractivity contribution in [1.29, 1.82) is 0 Å². The number of aryl methyl sites for hydroxylation is 1. The predicted molar refractivity (Wildman–Crippen MR) is 152 cm³/mol. The van der Waals surface area contributed by atoms with Crippen molar-refractivity contribution in [2.45, 2.75) is 64.1 Å². The normalized spacial score (nSPS) is 14.4. The highest BCUT2D eigenvalue weighted by Crippen LogP contribution is 2.29. The molecule has 0 aliphatic heterocycles. The second-order valence-corrected chi connectivity index (χ2v) is 10.3. The van der Waals surface area contributed by atoms with Gasteiger partial charge in [-0.25, -0.2) is 0 Å². The summed E-state index contributed by atoms with van der Waals surface area (Å²) in [5.41, 5.74) is 0.908. The van der Waals surface area contributed by atoms with Crippen LogP contribution in [-0.4, -0.2) is 63.7 Å². The molecule has 12 nitrogen and oxygen atoms in total. The lowest BCUT2D eigenvalue weighted by atomic mass is 9.95. The van der Waals surface area contributed by atoms with Gasteiger partial charge >= 0.3 is 0 Å². The molecule has 1 aromatic carbocycles. The molecule has 5 rings (SSSR count). The minimum Gasteiger partial charge on any atom is -0.493 e. The lowest BCUT2D eigenvalue weighted by molar-refractivity contribution is -0.142. The molecule has 3 aromatic heterocycles. The summed E-state index contributed by atoms with van der Waals surface area (Å²) in [4.78, 5) is 30.5. The Hall–Kier alpha value is -4.61. The summed E-state index contributed by atoms with van der Waals surface area (Å²) in [5, 5.41) is 15.6. The SMILES string of the molecule is COc1ccc(CCN(C(=O)Cn2nnc(-c3ccc(C)o3)n2)[C@@H](C(=O)NC2CCCCC2)c2ccco2)cc1OC. The van der Waals surface area contributed by atoms with Crippen molar-refractivity contribution in [2.24, 2.45) is 0 Å². The highest BCUT2D eigenvalue weighted by molar-refractivity contribution is 5.88. The molecule has 0 spiro atoms. The summed E-state index contributed by atoms with van der Waals surface area (Å²) in [5.74, 6) is 2.35. The van der Waals surface area contributed by atoms with Crippen LogP contribution in [-0.2, 0) is 22.6 Å². The van der Waals surface area contributed by atoms with Crippen molar-refractivity contribution < 1.29 is 27.9 Å². The van der Waals surface area contributed by atoms with E-state index < -0.39 is 6.04 Å². The van der Waals surface area contributed by atoms with Crippen molar-refractivity contribution in [2.75, 3.05) is 20.8 Å².